The number of benzene rings is 2. The highest BCUT2D eigenvalue weighted by atomic mass is 16.6. The number of likely N-dealkylation sites (tertiary alicyclic amines) is 1. The number of rotatable bonds is 10. The van der Waals surface area contributed by atoms with Gasteiger partial charge in [-0.1, -0.05) is 48.5 Å². The van der Waals surface area contributed by atoms with E-state index in [9.17, 15) is 19.2 Å². The first kappa shape index (κ1) is 32.6. The lowest BCUT2D eigenvalue weighted by Gasteiger charge is -2.38. The fraction of sp³-hybridized carbons (Fsp3) is 0.471. The van der Waals surface area contributed by atoms with Crippen molar-refractivity contribution in [3.05, 3.63) is 71.9 Å². The second-order valence-corrected chi connectivity index (χ2v) is 12.9. The molecule has 1 aromatic heterocycles. The van der Waals surface area contributed by atoms with E-state index in [1.165, 1.54) is 0 Å². The van der Waals surface area contributed by atoms with E-state index < -0.39 is 29.2 Å². The topological polar surface area (TPSA) is 130 Å². The number of hydrogen-bond acceptors (Lipinski definition) is 6. The van der Waals surface area contributed by atoms with Gasteiger partial charge in [-0.05, 0) is 71.1 Å². The second-order valence-electron chi connectivity index (χ2n) is 12.9. The molecular formula is C34H44N4O6. The molecule has 1 fully saturated rings. The number of nitrogens with one attached hydrogen (secondary N) is 3. The van der Waals surface area contributed by atoms with Crippen molar-refractivity contribution in [1.29, 1.82) is 0 Å². The van der Waals surface area contributed by atoms with Gasteiger partial charge in [0.1, 0.15) is 23.8 Å². The quantitative estimate of drug-likeness (QED) is 0.279. The van der Waals surface area contributed by atoms with Crippen LogP contribution in [0.1, 0.15) is 71.4 Å². The minimum absolute atomic E-state index is 0.0675. The molecule has 0 bridgehead atoms. The Hall–Kier alpha value is -4.34. The molecule has 10 heteroatoms. The maximum Gasteiger partial charge on any atom is 0.408 e. The monoisotopic (exact) mass is 604 g/mol. The van der Waals surface area contributed by atoms with Gasteiger partial charge in [-0.25, -0.2) is 4.79 Å². The van der Waals surface area contributed by atoms with Crippen LogP contribution in [-0.4, -0.2) is 63.5 Å². The molecule has 1 saturated heterocycles. The molecule has 3 aromatic rings. The van der Waals surface area contributed by atoms with Crippen LogP contribution in [0, 0.1) is 0 Å². The smallest absolute Gasteiger partial charge is 0.408 e. The summed E-state index contributed by atoms with van der Waals surface area (Å²) in [6.07, 6.45) is 3.73. The van der Waals surface area contributed by atoms with Crippen LogP contribution in [-0.2, 0) is 36.9 Å². The number of ether oxygens (including phenoxy) is 2. The van der Waals surface area contributed by atoms with E-state index in [0.717, 1.165) is 34.9 Å². The Morgan fingerprint density at radius 3 is 2.41 bits per heavy atom. The van der Waals surface area contributed by atoms with E-state index >= 15 is 0 Å². The largest absolute Gasteiger partial charge is 0.461 e. The van der Waals surface area contributed by atoms with Crippen molar-refractivity contribution in [2.24, 2.45) is 0 Å². The summed E-state index contributed by atoms with van der Waals surface area (Å²) in [6, 6.07) is 15.9. The van der Waals surface area contributed by atoms with Crippen molar-refractivity contribution >= 4 is 34.8 Å². The number of carbonyl (C=O) groups excluding carboxylic acids is 4. The lowest BCUT2D eigenvalue weighted by molar-refractivity contribution is -0.149. The third-order valence-electron chi connectivity index (χ3n) is 7.64. The minimum Gasteiger partial charge on any atom is -0.461 e. The SMILES string of the molecule is CC(C)(C)OC(=O)NC(C)(C)C(=O)N[C@H](Cc1c[nH]c2ccccc12)C(=O)N1CCCCC1CC(=O)OCc1ccccc1. The Morgan fingerprint density at radius 1 is 0.977 bits per heavy atom. The molecule has 3 N–H and O–H groups in total. The number of nitrogens with zero attached hydrogens (tertiary/aromatic N) is 1. The van der Waals surface area contributed by atoms with Gasteiger partial charge in [0.15, 0.2) is 0 Å². The molecular weight excluding hydrogens is 560 g/mol. The number of esters is 1. The maximum atomic E-state index is 14.2. The summed E-state index contributed by atoms with van der Waals surface area (Å²) < 4.78 is 10.9. The Morgan fingerprint density at radius 2 is 1.68 bits per heavy atom. The van der Waals surface area contributed by atoms with Crippen LogP contribution in [0.25, 0.3) is 10.9 Å². The number of hydrogen-bond donors (Lipinski definition) is 3. The van der Waals surface area contributed by atoms with E-state index in [1.807, 2.05) is 60.8 Å². The first-order chi connectivity index (χ1) is 20.8. The standard InChI is InChI=1S/C34H44N4O6/c1-33(2,3)44-32(42)37-34(4,5)31(41)36-28(19-24-21-35-27-17-10-9-16-26(24)27)30(40)38-18-12-11-15-25(38)20-29(39)43-22-23-13-7-6-8-14-23/h6-10,13-14,16-17,21,25,28,35H,11-12,15,18-20,22H2,1-5H3,(H,36,41)(H,37,42)/t25?,28-/m1/s1. The average molecular weight is 605 g/mol. The lowest BCUT2D eigenvalue weighted by atomic mass is 9.96. The number of fused-ring (bicyclic) bond motifs is 1. The number of aromatic amines is 1. The summed E-state index contributed by atoms with van der Waals surface area (Å²) in [5, 5.41) is 6.49. The molecule has 0 saturated carbocycles. The maximum absolute atomic E-state index is 14.2. The number of amides is 3. The van der Waals surface area contributed by atoms with Gasteiger partial charge in [-0.3, -0.25) is 14.4 Å². The van der Waals surface area contributed by atoms with Crippen molar-refractivity contribution in [3.8, 4) is 0 Å². The summed E-state index contributed by atoms with van der Waals surface area (Å²) >= 11 is 0. The molecule has 0 radical (unpaired) electrons. The number of aromatic nitrogens is 1. The van der Waals surface area contributed by atoms with Crippen LogP contribution in [0.5, 0.6) is 0 Å². The summed E-state index contributed by atoms with van der Waals surface area (Å²) in [6.45, 7) is 8.97. The molecule has 236 valence electrons. The molecule has 1 unspecified atom stereocenters. The van der Waals surface area contributed by atoms with Crippen LogP contribution in [0.4, 0.5) is 4.79 Å². The number of alkyl carbamates (subject to hydrolysis) is 1. The molecule has 2 heterocycles. The highest BCUT2D eigenvalue weighted by molar-refractivity contribution is 5.94. The summed E-state index contributed by atoms with van der Waals surface area (Å²) in [7, 11) is 0. The Balaban J connectivity index is 1.52. The van der Waals surface area contributed by atoms with Crippen molar-refractivity contribution in [2.75, 3.05) is 6.54 Å². The number of piperidine rings is 1. The first-order valence-corrected chi connectivity index (χ1v) is 15.2. The van der Waals surface area contributed by atoms with E-state index in [4.69, 9.17) is 9.47 Å². The van der Waals surface area contributed by atoms with Gasteiger partial charge in [-0.2, -0.15) is 0 Å². The van der Waals surface area contributed by atoms with E-state index in [1.54, 1.807) is 39.5 Å². The van der Waals surface area contributed by atoms with Crippen molar-refractivity contribution in [3.63, 3.8) is 0 Å². The van der Waals surface area contributed by atoms with Gasteiger partial charge in [0.2, 0.25) is 11.8 Å². The molecule has 0 spiro atoms. The lowest BCUT2D eigenvalue weighted by Crippen LogP contribution is -2.61. The third-order valence-corrected chi connectivity index (χ3v) is 7.64. The molecule has 1 aliphatic heterocycles. The molecule has 2 atom stereocenters. The highest BCUT2D eigenvalue weighted by Gasteiger charge is 2.38. The molecule has 4 rings (SSSR count). The Labute approximate surface area is 258 Å². The predicted molar refractivity (Wildman–Crippen MR) is 168 cm³/mol. The number of para-hydroxylation sites is 1. The number of carbonyl (C=O) groups is 4. The van der Waals surface area contributed by atoms with Crippen molar-refractivity contribution in [2.45, 2.75) is 96.6 Å². The molecule has 3 amide bonds. The summed E-state index contributed by atoms with van der Waals surface area (Å²) in [5.41, 5.74) is 0.568. The van der Waals surface area contributed by atoms with Crippen molar-refractivity contribution < 1.29 is 28.7 Å². The van der Waals surface area contributed by atoms with Gasteiger partial charge < -0.3 is 30.0 Å². The van der Waals surface area contributed by atoms with Gasteiger partial charge >= 0.3 is 12.1 Å². The van der Waals surface area contributed by atoms with Crippen LogP contribution in [0.3, 0.4) is 0 Å². The van der Waals surface area contributed by atoms with Gasteiger partial charge in [-0.15, -0.1) is 0 Å². The molecule has 1 aliphatic rings. The van der Waals surface area contributed by atoms with E-state index in [2.05, 4.69) is 15.6 Å². The van der Waals surface area contributed by atoms with Gasteiger partial charge in [0.25, 0.3) is 0 Å². The predicted octanol–water partition coefficient (Wildman–Crippen LogP) is 5.01. The normalized spacial score (nSPS) is 16.2. The molecule has 0 aliphatic carbocycles. The van der Waals surface area contributed by atoms with Gasteiger partial charge in [0, 0.05) is 36.1 Å². The van der Waals surface area contributed by atoms with Crippen molar-refractivity contribution in [1.82, 2.24) is 20.5 Å². The second kappa shape index (κ2) is 14.0. The minimum atomic E-state index is -1.37. The molecule has 44 heavy (non-hydrogen) atoms. The molecule has 10 nitrogen and oxygen atoms in total. The van der Waals surface area contributed by atoms with Gasteiger partial charge in [0.05, 0.1) is 6.42 Å². The first-order valence-electron chi connectivity index (χ1n) is 15.2. The summed E-state index contributed by atoms with van der Waals surface area (Å²) in [5.74, 6) is -1.19. The average Bonchev–Trinajstić information content (AvgIpc) is 3.37. The zero-order chi connectivity index (χ0) is 31.9. The number of H-pyrrole nitrogens is 1. The fourth-order valence-electron chi connectivity index (χ4n) is 5.37. The van der Waals surface area contributed by atoms with E-state index in [0.29, 0.717) is 13.0 Å². The Kier molecular flexibility index (Phi) is 10.3. The van der Waals surface area contributed by atoms with Crippen LogP contribution >= 0.6 is 0 Å². The van der Waals surface area contributed by atoms with Crippen LogP contribution < -0.4 is 10.6 Å². The zero-order valence-electron chi connectivity index (χ0n) is 26.3. The van der Waals surface area contributed by atoms with Crippen LogP contribution in [0.15, 0.2) is 60.8 Å². The highest BCUT2D eigenvalue weighted by Crippen LogP contribution is 2.25. The Bertz CT molecular complexity index is 1460. The van der Waals surface area contributed by atoms with E-state index in [-0.39, 0.29) is 37.4 Å². The zero-order valence-corrected chi connectivity index (χ0v) is 26.3. The third kappa shape index (κ3) is 8.84. The fourth-order valence-corrected chi connectivity index (χ4v) is 5.37. The van der Waals surface area contributed by atoms with Crippen LogP contribution in [0.2, 0.25) is 0 Å². The summed E-state index contributed by atoms with van der Waals surface area (Å²) in [4.78, 5) is 58.1. The molecule has 2 aromatic carbocycles.